The molecule has 36 heavy (non-hydrogen) atoms. The molecule has 1 aromatic carbocycles. The van der Waals surface area contributed by atoms with E-state index < -0.39 is 11.2 Å². The summed E-state index contributed by atoms with van der Waals surface area (Å²) in [5.74, 6) is -0.0648. The molecule has 0 spiro atoms. The zero-order valence-corrected chi connectivity index (χ0v) is 24.6. The van der Waals surface area contributed by atoms with Gasteiger partial charge >= 0.3 is 5.97 Å². The predicted molar refractivity (Wildman–Crippen MR) is 157 cm³/mol. The molecule has 2 unspecified atom stereocenters. The van der Waals surface area contributed by atoms with Crippen molar-refractivity contribution in [1.82, 2.24) is 4.98 Å². The smallest absolute Gasteiger partial charge is 0.316 e. The molecule has 1 aromatic heterocycles. The first-order chi connectivity index (χ1) is 17.5. The molecule has 2 aromatic rings. The lowest BCUT2D eigenvalue weighted by Gasteiger charge is -2.17. The van der Waals surface area contributed by atoms with E-state index in [1.54, 1.807) is 18.3 Å². The molecular formula is C30H49NO3S2. The number of fused-ring (bicyclic) bond motifs is 1. The average molecular weight is 536 g/mol. The highest BCUT2D eigenvalue weighted by molar-refractivity contribution is 8.02. The van der Waals surface area contributed by atoms with Crippen molar-refractivity contribution in [3.8, 4) is 0 Å². The van der Waals surface area contributed by atoms with Gasteiger partial charge in [-0.15, -0.1) is 11.3 Å². The lowest BCUT2D eigenvalue weighted by molar-refractivity contribution is -0.136. The Bertz CT molecular complexity index is 854. The number of rotatable bonds is 22. The fourth-order valence-electron chi connectivity index (χ4n) is 4.52. The first kappa shape index (κ1) is 31.1. The molecule has 0 bridgehead atoms. The predicted octanol–water partition coefficient (Wildman–Crippen LogP) is 9.54. The van der Waals surface area contributed by atoms with Gasteiger partial charge in [0.25, 0.3) is 0 Å². The van der Waals surface area contributed by atoms with Gasteiger partial charge in [-0.05, 0) is 62.6 Å². The van der Waals surface area contributed by atoms with Gasteiger partial charge in [-0.2, -0.15) is 0 Å². The highest BCUT2D eigenvalue weighted by atomic mass is 32.2. The number of thiazole rings is 1. The summed E-state index contributed by atoms with van der Waals surface area (Å²) in [4.78, 5) is 15.7. The topological polar surface area (TPSA) is 59.4 Å². The van der Waals surface area contributed by atoms with Crippen molar-refractivity contribution < 1.29 is 14.6 Å². The third-order valence-electron chi connectivity index (χ3n) is 6.85. The Hall–Kier alpha value is -1.11. The van der Waals surface area contributed by atoms with Crippen molar-refractivity contribution in [3.05, 3.63) is 23.8 Å². The van der Waals surface area contributed by atoms with Crippen molar-refractivity contribution >= 4 is 39.3 Å². The minimum Gasteiger partial charge on any atom is -0.480 e. The first-order valence-corrected chi connectivity index (χ1v) is 16.1. The Kier molecular flexibility index (Phi) is 16.4. The minimum absolute atomic E-state index is 0.480. The molecule has 1 N–H and O–H groups in total. The number of nitrogens with zero attached hydrogens (tertiary/aromatic N) is 1. The van der Waals surface area contributed by atoms with Gasteiger partial charge in [-0.3, -0.25) is 4.79 Å². The van der Waals surface area contributed by atoms with Crippen LogP contribution in [0.2, 0.25) is 0 Å². The molecule has 0 saturated heterocycles. The van der Waals surface area contributed by atoms with E-state index in [4.69, 9.17) is 9.84 Å². The van der Waals surface area contributed by atoms with E-state index in [-0.39, 0.29) is 0 Å². The van der Waals surface area contributed by atoms with Gasteiger partial charge in [0.05, 0.1) is 10.2 Å². The number of carboxylic acids is 1. The fourth-order valence-corrected chi connectivity index (χ4v) is 6.73. The van der Waals surface area contributed by atoms with Crippen LogP contribution in [0.15, 0.2) is 22.5 Å². The molecule has 0 aliphatic rings. The zero-order valence-electron chi connectivity index (χ0n) is 22.9. The summed E-state index contributed by atoms with van der Waals surface area (Å²) in [6.45, 7) is 8.06. The number of hydrogen-bond acceptors (Lipinski definition) is 5. The summed E-state index contributed by atoms with van der Waals surface area (Å²) in [6.07, 6.45) is 19.6. The third kappa shape index (κ3) is 12.9. The van der Waals surface area contributed by atoms with E-state index in [2.05, 4.69) is 37.0 Å². The van der Waals surface area contributed by atoms with Crippen LogP contribution >= 0.6 is 23.1 Å². The molecule has 2 atom stereocenters. The number of carbonyl (C=O) groups is 1. The standard InChI is InChI=1S/C30H49NO3S2/c1-4-6-8-10-11-13-18-26(17-12-9-7-5-2)23-34-21-15-14-16-25-19-20-27-28(22-25)36-30(31-27)35-24(3)29(32)33/h19-20,22,24,26H,4-18,21,23H2,1-3H3,(H,32,33). The summed E-state index contributed by atoms with van der Waals surface area (Å²) in [6, 6.07) is 6.44. The number of aryl methyl sites for hydroxylation is 1. The molecular weight excluding hydrogens is 486 g/mol. The second-order valence-corrected chi connectivity index (χ2v) is 12.8. The number of aromatic nitrogens is 1. The van der Waals surface area contributed by atoms with Crippen LogP contribution in [0.4, 0.5) is 0 Å². The van der Waals surface area contributed by atoms with Gasteiger partial charge in [-0.25, -0.2) is 4.98 Å². The monoisotopic (exact) mass is 535 g/mol. The molecule has 204 valence electrons. The van der Waals surface area contributed by atoms with Crippen LogP contribution in [-0.2, 0) is 16.0 Å². The van der Waals surface area contributed by atoms with Gasteiger partial charge in [0.1, 0.15) is 5.25 Å². The van der Waals surface area contributed by atoms with Crippen LogP contribution in [0.3, 0.4) is 0 Å². The molecule has 6 heteroatoms. The first-order valence-electron chi connectivity index (χ1n) is 14.4. The molecule has 0 saturated carbocycles. The van der Waals surface area contributed by atoms with E-state index >= 15 is 0 Å². The van der Waals surface area contributed by atoms with Crippen molar-refractivity contribution in [3.63, 3.8) is 0 Å². The van der Waals surface area contributed by atoms with Crippen molar-refractivity contribution in [2.45, 2.75) is 127 Å². The van der Waals surface area contributed by atoms with Gasteiger partial charge in [0.2, 0.25) is 0 Å². The molecule has 4 nitrogen and oxygen atoms in total. The van der Waals surface area contributed by atoms with Gasteiger partial charge < -0.3 is 9.84 Å². The van der Waals surface area contributed by atoms with Crippen LogP contribution in [-0.4, -0.2) is 34.5 Å². The quantitative estimate of drug-likeness (QED) is 0.120. The van der Waals surface area contributed by atoms with Gasteiger partial charge in [0, 0.05) is 13.2 Å². The second-order valence-electron chi connectivity index (χ2n) is 10.2. The Labute approximate surface area is 228 Å². The summed E-state index contributed by atoms with van der Waals surface area (Å²) < 4.78 is 8.13. The maximum Gasteiger partial charge on any atom is 0.316 e. The molecule has 0 amide bonds. The lowest BCUT2D eigenvalue weighted by Crippen LogP contribution is -2.11. The third-order valence-corrected chi connectivity index (χ3v) is 9.05. The van der Waals surface area contributed by atoms with Crippen LogP contribution in [0.25, 0.3) is 10.2 Å². The van der Waals surface area contributed by atoms with E-state index in [1.165, 1.54) is 94.4 Å². The van der Waals surface area contributed by atoms with E-state index in [1.807, 2.05) is 0 Å². The van der Waals surface area contributed by atoms with E-state index in [0.717, 1.165) is 53.0 Å². The van der Waals surface area contributed by atoms with Crippen molar-refractivity contribution in [2.24, 2.45) is 5.92 Å². The zero-order chi connectivity index (χ0) is 26.0. The molecule has 0 fully saturated rings. The number of ether oxygens (including phenoxy) is 1. The Balaban J connectivity index is 1.67. The number of unbranched alkanes of at least 4 members (excludes halogenated alkanes) is 9. The normalized spacial score (nSPS) is 13.3. The number of thioether (sulfide) groups is 1. The Morgan fingerprint density at radius 2 is 1.64 bits per heavy atom. The summed E-state index contributed by atoms with van der Waals surface area (Å²) >= 11 is 2.91. The number of carboxylic acid groups (broad SMARTS) is 1. The average Bonchev–Trinajstić information content (AvgIpc) is 3.26. The van der Waals surface area contributed by atoms with Crippen LogP contribution in [0.5, 0.6) is 0 Å². The maximum absolute atomic E-state index is 11.1. The number of hydrogen-bond donors (Lipinski definition) is 1. The molecule has 2 rings (SSSR count). The molecule has 0 radical (unpaired) electrons. The molecule has 1 heterocycles. The summed E-state index contributed by atoms with van der Waals surface area (Å²) in [5, 5.41) is 8.65. The largest absolute Gasteiger partial charge is 0.480 e. The van der Waals surface area contributed by atoms with Gasteiger partial charge in [0.15, 0.2) is 4.34 Å². The van der Waals surface area contributed by atoms with Crippen LogP contribution in [0.1, 0.15) is 116 Å². The van der Waals surface area contributed by atoms with Gasteiger partial charge in [-0.1, -0.05) is 95.9 Å². The Morgan fingerprint density at radius 3 is 2.33 bits per heavy atom. The number of benzene rings is 1. The van der Waals surface area contributed by atoms with E-state index in [0.29, 0.717) is 0 Å². The maximum atomic E-state index is 11.1. The van der Waals surface area contributed by atoms with Crippen molar-refractivity contribution in [1.29, 1.82) is 0 Å². The molecule has 0 aliphatic heterocycles. The molecule has 0 aliphatic carbocycles. The van der Waals surface area contributed by atoms with Crippen LogP contribution in [0, 0.1) is 5.92 Å². The highest BCUT2D eigenvalue weighted by Gasteiger charge is 2.15. The summed E-state index contributed by atoms with van der Waals surface area (Å²) in [5.41, 5.74) is 2.29. The SMILES string of the molecule is CCCCCCCCC(CCCCCC)COCCCCc1ccc2nc(SC(C)C(=O)O)sc2c1. The highest BCUT2D eigenvalue weighted by Crippen LogP contribution is 2.32. The summed E-state index contributed by atoms with van der Waals surface area (Å²) in [7, 11) is 0. The van der Waals surface area contributed by atoms with Crippen LogP contribution < -0.4 is 0 Å². The number of aliphatic carboxylic acids is 1. The second kappa shape index (κ2) is 19.0. The van der Waals surface area contributed by atoms with E-state index in [9.17, 15) is 4.79 Å². The minimum atomic E-state index is -0.799. The Morgan fingerprint density at radius 1 is 0.972 bits per heavy atom. The lowest BCUT2D eigenvalue weighted by atomic mass is 9.95. The fraction of sp³-hybridized carbons (Fsp3) is 0.733. The van der Waals surface area contributed by atoms with Crippen molar-refractivity contribution in [2.75, 3.05) is 13.2 Å².